The van der Waals surface area contributed by atoms with Crippen LogP contribution in [0.1, 0.15) is 12.8 Å². The van der Waals surface area contributed by atoms with Crippen molar-refractivity contribution in [1.29, 1.82) is 0 Å². The second kappa shape index (κ2) is 4.71. The van der Waals surface area contributed by atoms with Crippen molar-refractivity contribution >= 4 is 11.6 Å². The Morgan fingerprint density at radius 2 is 1.88 bits per heavy atom. The largest absolute Gasteiger partial charge is 0.371 e. The minimum absolute atomic E-state index is 0.291. The Morgan fingerprint density at radius 3 is 2.41 bits per heavy atom. The van der Waals surface area contributed by atoms with E-state index in [1.54, 1.807) is 12.1 Å². The highest BCUT2D eigenvalue weighted by Gasteiger charge is 2.39. The second-order valence-corrected chi connectivity index (χ2v) is 4.44. The van der Waals surface area contributed by atoms with Crippen molar-refractivity contribution in [2.75, 3.05) is 18.4 Å². The lowest BCUT2D eigenvalue weighted by molar-refractivity contribution is -0.663. The van der Waals surface area contributed by atoms with Gasteiger partial charge in [0, 0.05) is 18.5 Å². The molecule has 4 nitrogen and oxygen atoms in total. The molecule has 0 unspecified atom stereocenters. The van der Waals surface area contributed by atoms with Crippen LogP contribution in [0.4, 0.5) is 10.1 Å². The first-order valence-corrected chi connectivity index (χ1v) is 5.78. The maximum Gasteiger partial charge on any atom is 0.243 e. The number of primary amides is 1. The van der Waals surface area contributed by atoms with E-state index in [2.05, 4.69) is 10.6 Å². The molecular formula is C12H17FN3O+. The summed E-state index contributed by atoms with van der Waals surface area (Å²) < 4.78 is 12.8. The molecule has 0 saturated carbocycles. The molecule has 0 spiro atoms. The van der Waals surface area contributed by atoms with Gasteiger partial charge in [0.25, 0.3) is 0 Å². The van der Waals surface area contributed by atoms with Crippen LogP contribution in [0.15, 0.2) is 24.3 Å². The van der Waals surface area contributed by atoms with Gasteiger partial charge in [0.15, 0.2) is 0 Å². The van der Waals surface area contributed by atoms with Crippen LogP contribution in [0.3, 0.4) is 0 Å². The number of piperidine rings is 1. The molecule has 1 heterocycles. The van der Waals surface area contributed by atoms with Crippen molar-refractivity contribution in [3.05, 3.63) is 30.1 Å². The SMILES string of the molecule is NC(=O)C1(Nc2ccc(F)cc2)CC[NH2+]CC1. The number of anilines is 1. The van der Waals surface area contributed by atoms with Crippen LogP contribution >= 0.6 is 0 Å². The highest BCUT2D eigenvalue weighted by atomic mass is 19.1. The summed E-state index contributed by atoms with van der Waals surface area (Å²) in [5, 5.41) is 5.32. The average molecular weight is 238 g/mol. The fourth-order valence-corrected chi connectivity index (χ4v) is 2.21. The van der Waals surface area contributed by atoms with Gasteiger partial charge in [-0.05, 0) is 24.3 Å². The highest BCUT2D eigenvalue weighted by Crippen LogP contribution is 2.22. The molecule has 0 radical (unpaired) electrons. The van der Waals surface area contributed by atoms with Crippen molar-refractivity contribution in [3.8, 4) is 0 Å². The van der Waals surface area contributed by atoms with Crippen LogP contribution < -0.4 is 16.4 Å². The number of quaternary nitrogens is 1. The minimum atomic E-state index is -0.688. The van der Waals surface area contributed by atoms with Crippen molar-refractivity contribution in [2.24, 2.45) is 5.73 Å². The highest BCUT2D eigenvalue weighted by molar-refractivity contribution is 5.88. The topological polar surface area (TPSA) is 71.7 Å². The zero-order chi connectivity index (χ0) is 12.3. The third-order valence-electron chi connectivity index (χ3n) is 3.25. The van der Waals surface area contributed by atoms with E-state index in [1.807, 2.05) is 0 Å². The molecule has 5 heteroatoms. The Morgan fingerprint density at radius 1 is 1.29 bits per heavy atom. The summed E-state index contributed by atoms with van der Waals surface area (Å²) in [5.41, 5.74) is 5.53. The molecular weight excluding hydrogens is 221 g/mol. The predicted molar refractivity (Wildman–Crippen MR) is 62.8 cm³/mol. The first-order chi connectivity index (χ1) is 8.12. The fraction of sp³-hybridized carbons (Fsp3) is 0.417. The average Bonchev–Trinajstić information content (AvgIpc) is 2.33. The smallest absolute Gasteiger partial charge is 0.243 e. The molecule has 0 aromatic heterocycles. The lowest BCUT2D eigenvalue weighted by Gasteiger charge is -2.34. The number of amides is 1. The van der Waals surface area contributed by atoms with E-state index in [0.29, 0.717) is 12.8 Å². The Labute approximate surface area is 99.4 Å². The predicted octanol–water partition coefficient (Wildman–Crippen LogP) is -0.181. The molecule has 1 saturated heterocycles. The van der Waals surface area contributed by atoms with Crippen molar-refractivity contribution in [1.82, 2.24) is 0 Å². The number of hydrogen-bond donors (Lipinski definition) is 3. The summed E-state index contributed by atoms with van der Waals surface area (Å²) in [4.78, 5) is 11.6. The van der Waals surface area contributed by atoms with E-state index in [0.717, 1.165) is 18.8 Å². The molecule has 1 aliphatic heterocycles. The summed E-state index contributed by atoms with van der Waals surface area (Å²) in [6, 6.07) is 5.98. The van der Waals surface area contributed by atoms with E-state index < -0.39 is 5.54 Å². The van der Waals surface area contributed by atoms with Crippen molar-refractivity contribution < 1.29 is 14.5 Å². The number of hydrogen-bond acceptors (Lipinski definition) is 2. The quantitative estimate of drug-likeness (QED) is 0.683. The first-order valence-electron chi connectivity index (χ1n) is 5.78. The van der Waals surface area contributed by atoms with Crippen LogP contribution in [-0.2, 0) is 4.79 Å². The van der Waals surface area contributed by atoms with Gasteiger partial charge in [-0.25, -0.2) is 4.39 Å². The molecule has 1 aromatic rings. The Bertz CT molecular complexity index is 399. The van der Waals surface area contributed by atoms with E-state index in [1.165, 1.54) is 12.1 Å². The number of nitrogens with two attached hydrogens (primary N) is 2. The number of rotatable bonds is 3. The van der Waals surface area contributed by atoms with Crippen molar-refractivity contribution in [2.45, 2.75) is 18.4 Å². The van der Waals surface area contributed by atoms with Crippen LogP contribution in [-0.4, -0.2) is 24.5 Å². The van der Waals surface area contributed by atoms with Crippen molar-refractivity contribution in [3.63, 3.8) is 0 Å². The molecule has 92 valence electrons. The molecule has 0 aliphatic carbocycles. The normalized spacial score (nSPS) is 18.6. The van der Waals surface area contributed by atoms with E-state index >= 15 is 0 Å². The lowest BCUT2D eigenvalue weighted by Crippen LogP contribution is -2.89. The van der Waals surface area contributed by atoms with Crippen LogP contribution in [0.25, 0.3) is 0 Å². The van der Waals surface area contributed by atoms with Gasteiger partial charge in [-0.2, -0.15) is 0 Å². The van der Waals surface area contributed by atoms with Crippen LogP contribution in [0.2, 0.25) is 0 Å². The summed E-state index contributed by atoms with van der Waals surface area (Å²) in [6.45, 7) is 1.74. The number of halogens is 1. The maximum atomic E-state index is 12.8. The number of carbonyl (C=O) groups is 1. The summed E-state index contributed by atoms with van der Waals surface area (Å²) in [6.07, 6.45) is 1.39. The van der Waals surface area contributed by atoms with Gasteiger partial charge in [-0.1, -0.05) is 0 Å². The van der Waals surface area contributed by atoms with E-state index in [9.17, 15) is 9.18 Å². The third-order valence-corrected chi connectivity index (χ3v) is 3.25. The first kappa shape index (κ1) is 11.9. The summed E-state index contributed by atoms with van der Waals surface area (Å²) >= 11 is 0. The molecule has 5 N–H and O–H groups in total. The van der Waals surface area contributed by atoms with Gasteiger partial charge >= 0.3 is 0 Å². The molecule has 17 heavy (non-hydrogen) atoms. The zero-order valence-electron chi connectivity index (χ0n) is 9.58. The van der Waals surface area contributed by atoms with Gasteiger partial charge < -0.3 is 16.4 Å². The molecule has 0 atom stereocenters. The van der Waals surface area contributed by atoms with Gasteiger partial charge in [-0.15, -0.1) is 0 Å². The fourth-order valence-electron chi connectivity index (χ4n) is 2.21. The lowest BCUT2D eigenvalue weighted by atomic mass is 9.87. The monoisotopic (exact) mass is 238 g/mol. The standard InChI is InChI=1S/C12H16FN3O/c13-9-1-3-10(4-2-9)16-12(11(14)17)5-7-15-8-6-12/h1-4,15-16H,5-8H2,(H2,14,17)/p+1. The maximum absolute atomic E-state index is 12.8. The summed E-state index contributed by atoms with van der Waals surface area (Å²) in [7, 11) is 0. The van der Waals surface area contributed by atoms with Gasteiger partial charge in [0.05, 0.1) is 13.1 Å². The Hall–Kier alpha value is -1.62. The summed E-state index contributed by atoms with van der Waals surface area (Å²) in [5.74, 6) is -0.629. The number of benzene rings is 1. The number of carbonyl (C=O) groups excluding carboxylic acids is 1. The Kier molecular flexibility index (Phi) is 3.28. The molecule has 1 aromatic carbocycles. The zero-order valence-corrected chi connectivity index (χ0v) is 9.58. The minimum Gasteiger partial charge on any atom is -0.371 e. The van der Waals surface area contributed by atoms with E-state index in [4.69, 9.17) is 5.73 Å². The molecule has 1 fully saturated rings. The molecule has 0 bridgehead atoms. The molecule has 2 rings (SSSR count). The second-order valence-electron chi connectivity index (χ2n) is 4.44. The Balaban J connectivity index is 2.17. The third kappa shape index (κ3) is 2.55. The van der Waals surface area contributed by atoms with Crippen LogP contribution in [0, 0.1) is 5.82 Å². The molecule has 1 amide bonds. The van der Waals surface area contributed by atoms with E-state index in [-0.39, 0.29) is 11.7 Å². The van der Waals surface area contributed by atoms with Gasteiger partial charge in [0.2, 0.25) is 5.91 Å². The van der Waals surface area contributed by atoms with Crippen LogP contribution in [0.5, 0.6) is 0 Å². The van der Waals surface area contributed by atoms with Gasteiger partial charge in [0.1, 0.15) is 11.4 Å². The van der Waals surface area contributed by atoms with Gasteiger partial charge in [-0.3, -0.25) is 4.79 Å². The molecule has 1 aliphatic rings. The number of nitrogens with one attached hydrogen (secondary N) is 1.